The Hall–Kier alpha value is -4.29. The molecule has 0 saturated carbocycles. The molecule has 3 heterocycles. The van der Waals surface area contributed by atoms with Crippen molar-refractivity contribution in [3.8, 4) is 23.1 Å². The molecule has 0 fully saturated rings. The minimum Gasteiger partial charge on any atom is -0.472 e. The van der Waals surface area contributed by atoms with Crippen LogP contribution in [-0.2, 0) is 0 Å². The Labute approximate surface area is 216 Å². The van der Waals surface area contributed by atoms with Crippen molar-refractivity contribution in [2.45, 2.75) is 26.0 Å². The Morgan fingerprint density at radius 1 is 1.27 bits per heavy atom. The van der Waals surface area contributed by atoms with Gasteiger partial charge in [0.25, 0.3) is 11.8 Å². The molecule has 0 bridgehead atoms. The Balaban J connectivity index is 1.68. The second kappa shape index (κ2) is 11.2. The average Bonchev–Trinajstić information content (AvgIpc) is 2.94. The van der Waals surface area contributed by atoms with Crippen LogP contribution in [0.5, 0.6) is 5.88 Å². The highest BCUT2D eigenvalue weighted by atomic mass is 16.5. The monoisotopic (exact) mass is 499 g/mol. The first-order valence-electron chi connectivity index (χ1n) is 12.1. The molecule has 4 rings (SSSR count). The molecule has 3 aromatic rings. The molecule has 3 atom stereocenters. The summed E-state index contributed by atoms with van der Waals surface area (Å²) in [5, 5.41) is 19.0. The molecule has 0 aliphatic carbocycles. The highest BCUT2D eigenvalue weighted by Crippen LogP contribution is 2.30. The third-order valence-corrected chi connectivity index (χ3v) is 6.58. The lowest BCUT2D eigenvalue weighted by Gasteiger charge is -2.37. The number of fused-ring (bicyclic) bond motifs is 1. The number of ether oxygens (including phenoxy) is 1. The van der Waals surface area contributed by atoms with Gasteiger partial charge in [0.1, 0.15) is 11.7 Å². The first-order chi connectivity index (χ1) is 17.8. The number of nitriles is 1. The Morgan fingerprint density at radius 2 is 2.03 bits per heavy atom. The summed E-state index contributed by atoms with van der Waals surface area (Å²) in [4.78, 5) is 38.3. The Bertz CT molecular complexity index is 1310. The maximum Gasteiger partial charge on any atom is 0.259 e. The van der Waals surface area contributed by atoms with Crippen LogP contribution in [0.2, 0.25) is 0 Å². The minimum atomic E-state index is -0.459. The van der Waals surface area contributed by atoms with Gasteiger partial charge in [-0.3, -0.25) is 14.6 Å². The van der Waals surface area contributed by atoms with E-state index in [9.17, 15) is 14.7 Å². The van der Waals surface area contributed by atoms with Gasteiger partial charge >= 0.3 is 0 Å². The zero-order valence-corrected chi connectivity index (χ0v) is 21.0. The number of hydrogen-bond acceptors (Lipinski definition) is 7. The number of benzene rings is 1. The van der Waals surface area contributed by atoms with Crippen molar-refractivity contribution in [1.29, 1.82) is 5.26 Å². The molecule has 1 N–H and O–H groups in total. The average molecular weight is 500 g/mol. The smallest absolute Gasteiger partial charge is 0.259 e. The fourth-order valence-electron chi connectivity index (χ4n) is 4.28. The molecule has 0 saturated heterocycles. The predicted octanol–water partition coefficient (Wildman–Crippen LogP) is 3.01. The highest BCUT2D eigenvalue weighted by molar-refractivity contribution is 5.98. The summed E-state index contributed by atoms with van der Waals surface area (Å²) in [6, 6.07) is 13.8. The van der Waals surface area contributed by atoms with Gasteiger partial charge in [-0.1, -0.05) is 19.1 Å². The highest BCUT2D eigenvalue weighted by Gasteiger charge is 2.35. The first kappa shape index (κ1) is 25.8. The molecular weight excluding hydrogens is 470 g/mol. The summed E-state index contributed by atoms with van der Waals surface area (Å²) in [5.74, 6) is -0.455. The number of rotatable bonds is 6. The van der Waals surface area contributed by atoms with Crippen LogP contribution in [-0.4, -0.2) is 75.6 Å². The van der Waals surface area contributed by atoms with Gasteiger partial charge in [-0.05, 0) is 42.8 Å². The SMILES string of the molecule is C[C@H]1CN([C@@H](C)CO)C(=O)c2cc(-c3ccc(C#N)cc3)cnc2O[C@H]1CN(C)C(=O)c1cccnc1. The number of carbonyl (C=O) groups is 2. The van der Waals surface area contributed by atoms with Crippen molar-refractivity contribution in [2.24, 2.45) is 5.92 Å². The van der Waals surface area contributed by atoms with Crippen molar-refractivity contribution in [1.82, 2.24) is 19.8 Å². The largest absolute Gasteiger partial charge is 0.472 e. The number of aliphatic hydroxyl groups excluding tert-OH is 1. The standard InChI is InChI=1S/C28H29N5O4/c1-18-15-33(19(2)17-34)28(36)24-11-23(21-8-6-20(12-29)7-9-21)14-31-26(24)37-25(18)16-32(3)27(35)22-5-4-10-30-13-22/h4-11,13-14,18-19,25,34H,15-17H2,1-3H3/t18-,19-,25-/m0/s1. The van der Waals surface area contributed by atoms with Crippen molar-refractivity contribution in [2.75, 3.05) is 26.7 Å². The molecule has 0 spiro atoms. The summed E-state index contributed by atoms with van der Waals surface area (Å²) in [5.41, 5.74) is 2.79. The van der Waals surface area contributed by atoms with Crippen molar-refractivity contribution < 1.29 is 19.4 Å². The summed E-state index contributed by atoms with van der Waals surface area (Å²) in [6.45, 7) is 4.15. The van der Waals surface area contributed by atoms with Crippen molar-refractivity contribution in [3.05, 3.63) is 77.7 Å². The van der Waals surface area contributed by atoms with E-state index in [1.165, 1.54) is 6.20 Å². The second-order valence-corrected chi connectivity index (χ2v) is 9.32. The zero-order valence-electron chi connectivity index (χ0n) is 21.0. The first-order valence-corrected chi connectivity index (χ1v) is 12.1. The molecular formula is C28H29N5O4. The van der Waals surface area contributed by atoms with Crippen LogP contribution in [0.4, 0.5) is 0 Å². The summed E-state index contributed by atoms with van der Waals surface area (Å²) in [6.07, 6.45) is 4.30. The van der Waals surface area contributed by atoms with Gasteiger partial charge < -0.3 is 19.6 Å². The molecule has 0 unspecified atom stereocenters. The van der Waals surface area contributed by atoms with E-state index in [4.69, 9.17) is 10.00 Å². The lowest BCUT2D eigenvalue weighted by atomic mass is 9.99. The Morgan fingerprint density at radius 3 is 2.68 bits per heavy atom. The quantitative estimate of drug-likeness (QED) is 0.554. The predicted molar refractivity (Wildman–Crippen MR) is 137 cm³/mol. The fourth-order valence-corrected chi connectivity index (χ4v) is 4.28. The van der Waals surface area contributed by atoms with E-state index in [2.05, 4.69) is 16.0 Å². The number of hydrogen-bond donors (Lipinski definition) is 1. The van der Waals surface area contributed by atoms with Crippen LogP contribution in [0, 0.1) is 17.2 Å². The Kier molecular flexibility index (Phi) is 7.80. The number of aromatic nitrogens is 2. The molecule has 37 heavy (non-hydrogen) atoms. The topological polar surface area (TPSA) is 120 Å². The summed E-state index contributed by atoms with van der Waals surface area (Å²) >= 11 is 0. The van der Waals surface area contributed by atoms with Crippen LogP contribution in [0.1, 0.15) is 40.1 Å². The van der Waals surface area contributed by atoms with Gasteiger partial charge in [0.2, 0.25) is 5.88 Å². The number of nitrogens with zero attached hydrogens (tertiary/aromatic N) is 5. The summed E-state index contributed by atoms with van der Waals surface area (Å²) < 4.78 is 6.29. The van der Waals surface area contributed by atoms with Crippen LogP contribution in [0.3, 0.4) is 0 Å². The molecule has 2 aromatic heterocycles. The number of pyridine rings is 2. The van der Waals surface area contributed by atoms with E-state index in [1.54, 1.807) is 78.6 Å². The van der Waals surface area contributed by atoms with Crippen LogP contribution in [0.25, 0.3) is 11.1 Å². The molecule has 9 heteroatoms. The number of carbonyl (C=O) groups excluding carboxylic acids is 2. The van der Waals surface area contributed by atoms with Crippen molar-refractivity contribution in [3.63, 3.8) is 0 Å². The van der Waals surface area contributed by atoms with Gasteiger partial charge in [-0.25, -0.2) is 4.98 Å². The summed E-state index contributed by atoms with van der Waals surface area (Å²) in [7, 11) is 1.70. The molecule has 1 aliphatic rings. The second-order valence-electron chi connectivity index (χ2n) is 9.32. The number of aliphatic hydroxyl groups is 1. The molecule has 1 aromatic carbocycles. The van der Waals surface area contributed by atoms with E-state index in [0.717, 1.165) is 5.56 Å². The van der Waals surface area contributed by atoms with Gasteiger partial charge in [0.15, 0.2) is 0 Å². The van der Waals surface area contributed by atoms with Gasteiger partial charge in [-0.15, -0.1) is 0 Å². The van der Waals surface area contributed by atoms with E-state index in [1.807, 2.05) is 6.92 Å². The third-order valence-electron chi connectivity index (χ3n) is 6.58. The van der Waals surface area contributed by atoms with Crippen LogP contribution >= 0.6 is 0 Å². The number of likely N-dealkylation sites (N-methyl/N-ethyl adjacent to an activating group) is 1. The minimum absolute atomic E-state index is 0.157. The van der Waals surface area contributed by atoms with Crippen molar-refractivity contribution >= 4 is 11.8 Å². The van der Waals surface area contributed by atoms with E-state index in [-0.39, 0.29) is 42.3 Å². The van der Waals surface area contributed by atoms with Crippen LogP contribution < -0.4 is 4.74 Å². The lowest BCUT2D eigenvalue weighted by molar-refractivity contribution is 0.0313. The molecule has 2 amide bonds. The molecule has 0 radical (unpaired) electrons. The molecule has 1 aliphatic heterocycles. The maximum absolute atomic E-state index is 13.6. The van der Waals surface area contributed by atoms with Gasteiger partial charge in [-0.2, -0.15) is 5.26 Å². The van der Waals surface area contributed by atoms with E-state index < -0.39 is 12.1 Å². The van der Waals surface area contributed by atoms with E-state index >= 15 is 0 Å². The molecule has 190 valence electrons. The van der Waals surface area contributed by atoms with Gasteiger partial charge in [0, 0.05) is 43.7 Å². The third kappa shape index (κ3) is 5.60. The van der Waals surface area contributed by atoms with Gasteiger partial charge in [0.05, 0.1) is 36.4 Å². The zero-order chi connectivity index (χ0) is 26.5. The fraction of sp³-hybridized carbons (Fsp3) is 0.321. The van der Waals surface area contributed by atoms with E-state index in [0.29, 0.717) is 23.2 Å². The lowest BCUT2D eigenvalue weighted by Crippen LogP contribution is -2.50. The van der Waals surface area contributed by atoms with Crippen LogP contribution in [0.15, 0.2) is 61.1 Å². The molecule has 9 nitrogen and oxygen atoms in total. The number of amides is 2. The maximum atomic E-state index is 13.6. The normalized spacial score (nSPS) is 18.0.